The van der Waals surface area contributed by atoms with Crippen molar-refractivity contribution in [2.45, 2.75) is 222 Å². The second-order valence-corrected chi connectivity index (χ2v) is 24.2. The number of esters is 1. The van der Waals surface area contributed by atoms with Crippen LogP contribution in [0, 0.1) is 11.8 Å². The molecule has 0 aliphatic carbocycles. The number of aromatic nitrogens is 3. The van der Waals surface area contributed by atoms with E-state index in [9.17, 15) is 30.3 Å². The predicted molar refractivity (Wildman–Crippen MR) is 290 cm³/mol. The van der Waals surface area contributed by atoms with Crippen molar-refractivity contribution in [1.29, 1.82) is 0 Å². The van der Waals surface area contributed by atoms with E-state index >= 15 is 4.39 Å². The molecule has 1 aromatic carbocycles. The van der Waals surface area contributed by atoms with Gasteiger partial charge in [0.15, 0.2) is 18.4 Å². The third kappa shape index (κ3) is 14.7. The largest absolute Gasteiger partial charge is 0.459 e. The molecular weight excluding hydrogens is 1030 g/mol. The summed E-state index contributed by atoms with van der Waals surface area (Å²) in [7, 11) is 6.78. The third-order valence-corrected chi connectivity index (χ3v) is 18.0. The van der Waals surface area contributed by atoms with Gasteiger partial charge in [0.25, 0.3) is 0 Å². The molecule has 450 valence electrons. The summed E-state index contributed by atoms with van der Waals surface area (Å²) < 4.78 is 72.3. The lowest BCUT2D eigenvalue weighted by atomic mass is 9.83. The summed E-state index contributed by atoms with van der Waals surface area (Å²) >= 11 is 0. The Labute approximate surface area is 467 Å². The number of benzene rings is 1. The monoisotopic (exact) mass is 1120 g/mol. The van der Waals surface area contributed by atoms with Crippen molar-refractivity contribution < 1.29 is 77.3 Å². The van der Waals surface area contributed by atoms with E-state index in [2.05, 4.69) is 15.2 Å². The molecule has 2 aromatic rings. The van der Waals surface area contributed by atoms with Gasteiger partial charge in [0.2, 0.25) is 0 Å². The van der Waals surface area contributed by atoms with Crippen molar-refractivity contribution in [3.63, 3.8) is 0 Å². The molecule has 19 atom stereocenters. The smallest absolute Gasteiger partial charge is 0.311 e. The summed E-state index contributed by atoms with van der Waals surface area (Å²) in [6.07, 6.45) is -6.34. The molecule has 79 heavy (non-hydrogen) atoms. The van der Waals surface area contributed by atoms with Crippen molar-refractivity contribution in [2.75, 3.05) is 79.3 Å². The summed E-state index contributed by atoms with van der Waals surface area (Å²) in [5.41, 5.74) is -2.07. The fourth-order valence-electron chi connectivity index (χ4n) is 12.7. The second kappa shape index (κ2) is 26.7. The van der Waals surface area contributed by atoms with Gasteiger partial charge >= 0.3 is 5.97 Å². The molecule has 22 heteroatoms. The van der Waals surface area contributed by atoms with Gasteiger partial charge in [-0.15, -0.1) is 5.10 Å². The first-order chi connectivity index (χ1) is 37.3. The molecule has 6 heterocycles. The van der Waals surface area contributed by atoms with Crippen molar-refractivity contribution in [3.8, 4) is 0 Å². The summed E-state index contributed by atoms with van der Waals surface area (Å²) in [5, 5.41) is 68.4. The number of carbonyl (C=O) groups is 1. The molecule has 1 spiro atoms. The van der Waals surface area contributed by atoms with Crippen LogP contribution < -0.4 is 4.90 Å². The normalized spacial score (nSPS) is 39.3. The van der Waals surface area contributed by atoms with Gasteiger partial charge < -0.3 is 82.9 Å². The van der Waals surface area contributed by atoms with Crippen molar-refractivity contribution in [3.05, 3.63) is 41.7 Å². The van der Waals surface area contributed by atoms with Gasteiger partial charge in [-0.1, -0.05) is 31.2 Å². The van der Waals surface area contributed by atoms with Crippen LogP contribution in [0.5, 0.6) is 0 Å². The van der Waals surface area contributed by atoms with Gasteiger partial charge in [-0.3, -0.25) is 4.79 Å². The number of hydrogen-bond donors (Lipinski definition) is 5. The van der Waals surface area contributed by atoms with E-state index in [0.29, 0.717) is 44.8 Å². The van der Waals surface area contributed by atoms with Crippen LogP contribution in [0.4, 0.5) is 10.1 Å². The number of anilines is 1. The van der Waals surface area contributed by atoms with Gasteiger partial charge in [-0.2, -0.15) is 0 Å². The summed E-state index contributed by atoms with van der Waals surface area (Å²) in [4.78, 5) is 20.6. The molecule has 5 N–H and O–H groups in total. The molecule has 7 rings (SSSR count). The number of methoxy groups -OCH3 is 2. The third-order valence-electron chi connectivity index (χ3n) is 18.0. The molecule has 0 saturated carbocycles. The zero-order chi connectivity index (χ0) is 57.8. The van der Waals surface area contributed by atoms with Gasteiger partial charge in [0.05, 0.1) is 60.4 Å². The minimum atomic E-state index is -1.85. The van der Waals surface area contributed by atoms with Crippen LogP contribution in [0.25, 0.3) is 0 Å². The lowest BCUT2D eigenvalue weighted by molar-refractivity contribution is -0.308. The fraction of sp³-hybridized carbons (Fsp3) is 0.842. The second-order valence-electron chi connectivity index (χ2n) is 24.2. The molecule has 1 aromatic heterocycles. The lowest BCUT2D eigenvalue weighted by Crippen LogP contribution is -2.59. The molecule has 0 bridgehead atoms. The zero-order valence-corrected chi connectivity index (χ0v) is 49.1. The molecule has 0 unspecified atom stereocenters. The Morgan fingerprint density at radius 2 is 1.59 bits per heavy atom. The average molecular weight is 1120 g/mol. The standard InChI is InChI=1S/C57H95FN6O15/c1-14-45-56(9,70)50(66)37(5)62(11)32-34(2)29-54(7,69)46(28-44(36(4)52(68)78-45)77-47-30-55(8,72-13)51(67)38(6)76-47)79-53-48(65)42(27-35(3)75-53)61(10)22-19-40-33-64(60-59-40)43(31-58)49(71-12)39-15-17-41(18-16-39)63-23-20-57(21-24-63)73-25-26-74-57/h15-18,33-38,42-51,53,65-67,69-70H,14,19-32H2,1-13H3/t34-,35-,36-,37-,38+,42+,43-,44+,45-,46-,47+,48-,49-,50-,51+,53+,54-,55-,56-/m1/s1. The van der Waals surface area contributed by atoms with Gasteiger partial charge in [0, 0.05) is 96.5 Å². The Kier molecular flexibility index (Phi) is 21.5. The predicted octanol–water partition coefficient (Wildman–Crippen LogP) is 4.10. The van der Waals surface area contributed by atoms with E-state index in [1.807, 2.05) is 62.0 Å². The summed E-state index contributed by atoms with van der Waals surface area (Å²) in [6.45, 7) is 18.6. The Morgan fingerprint density at radius 1 is 0.924 bits per heavy atom. The van der Waals surface area contributed by atoms with Crippen LogP contribution in [0.1, 0.15) is 131 Å². The highest BCUT2D eigenvalue weighted by Gasteiger charge is 2.51. The topological polar surface area (TPSA) is 242 Å². The maximum atomic E-state index is 15.0. The van der Waals surface area contributed by atoms with Crippen molar-refractivity contribution in [1.82, 2.24) is 24.8 Å². The van der Waals surface area contributed by atoms with Gasteiger partial charge in [0.1, 0.15) is 48.8 Å². The molecule has 5 aliphatic heterocycles. The first kappa shape index (κ1) is 63.5. The van der Waals surface area contributed by atoms with E-state index in [0.717, 1.165) is 37.2 Å². The number of hydrogen-bond acceptors (Lipinski definition) is 20. The van der Waals surface area contributed by atoms with Crippen molar-refractivity contribution >= 4 is 11.7 Å². The van der Waals surface area contributed by atoms with Crippen LogP contribution in [-0.2, 0) is 53.8 Å². The zero-order valence-electron chi connectivity index (χ0n) is 49.1. The summed E-state index contributed by atoms with van der Waals surface area (Å²) in [6, 6.07) is 6.15. The minimum absolute atomic E-state index is 0.0909. The van der Waals surface area contributed by atoms with Gasteiger partial charge in [-0.05, 0) is 105 Å². The number of likely N-dealkylation sites (N-methyl/N-ethyl adjacent to an activating group) is 2. The van der Waals surface area contributed by atoms with E-state index in [4.69, 9.17) is 42.6 Å². The summed E-state index contributed by atoms with van der Waals surface area (Å²) in [5.74, 6) is -2.46. The van der Waals surface area contributed by atoms with Crippen LogP contribution in [0.3, 0.4) is 0 Å². The number of ether oxygens (including phenoxy) is 9. The quantitative estimate of drug-likeness (QED) is 0.149. The van der Waals surface area contributed by atoms with Gasteiger partial charge in [-0.25, -0.2) is 9.07 Å². The Bertz CT molecular complexity index is 2220. The van der Waals surface area contributed by atoms with E-state index in [1.165, 1.54) is 18.7 Å². The Balaban J connectivity index is 1.07. The number of piperidine rings is 1. The number of aliphatic hydroxyl groups is 5. The molecule has 5 aliphatic rings. The molecule has 21 nitrogen and oxygen atoms in total. The number of cyclic esters (lactones) is 1. The SMILES string of the molecule is CC[C@H]1OC(=O)[C@H](C)[C@@H](O[C@H]2C[C@@](C)(OC)[C@@H](O)[C@H](C)O2)C[C@@H](O[C@@H]2O[C@H](C)C[C@H](N(C)CCc3cn([C@H](CF)[C@H](OC)c4ccc(N5CCC6(CC5)OCCO6)cc4)nn3)[C@H]2O)[C@](C)(O)C[C@@H](C)CN(C)[C@H](C)[C@@H](O)[C@]1(C)O. The van der Waals surface area contributed by atoms with Crippen molar-refractivity contribution in [2.24, 2.45) is 11.8 Å². The molecule has 5 saturated heterocycles. The Morgan fingerprint density at radius 3 is 2.22 bits per heavy atom. The van der Waals surface area contributed by atoms with Crippen LogP contribution >= 0.6 is 0 Å². The lowest BCUT2D eigenvalue weighted by Gasteiger charge is -2.47. The molecule has 0 radical (unpaired) electrons. The maximum Gasteiger partial charge on any atom is 0.311 e. The molecule has 0 amide bonds. The fourth-order valence-corrected chi connectivity index (χ4v) is 12.7. The first-order valence-electron chi connectivity index (χ1n) is 28.7. The number of aliphatic hydroxyl groups excluding tert-OH is 3. The van der Waals surface area contributed by atoms with Crippen LogP contribution in [0.15, 0.2) is 30.5 Å². The number of alkyl halides is 1. The van der Waals surface area contributed by atoms with E-state index in [-0.39, 0.29) is 31.6 Å². The van der Waals surface area contributed by atoms with E-state index in [1.54, 1.807) is 54.8 Å². The minimum Gasteiger partial charge on any atom is -0.459 e. The number of carbonyl (C=O) groups excluding carboxylic acids is 1. The molecule has 5 fully saturated rings. The highest BCUT2D eigenvalue weighted by Crippen LogP contribution is 2.40. The molecular formula is C57H95FN6O15. The van der Waals surface area contributed by atoms with E-state index < -0.39 is 127 Å². The number of halogens is 1. The number of rotatable bonds is 16. The van der Waals surface area contributed by atoms with Crippen LogP contribution in [0.2, 0.25) is 0 Å². The highest BCUT2D eigenvalue weighted by atomic mass is 19.1. The number of nitrogens with zero attached hydrogens (tertiary/aromatic N) is 6. The Hall–Kier alpha value is -3.04. The highest BCUT2D eigenvalue weighted by molar-refractivity contribution is 5.73. The maximum absolute atomic E-state index is 15.0. The first-order valence-corrected chi connectivity index (χ1v) is 28.7. The van der Waals surface area contributed by atoms with Crippen LogP contribution in [-0.4, -0.2) is 227 Å². The average Bonchev–Trinajstić information content (AvgIpc) is 4.11.